The minimum Gasteiger partial charge on any atom is -0.439 e. The molecule has 0 saturated heterocycles. The number of carbonyl (C=O) groups is 1. The first-order valence-corrected chi connectivity index (χ1v) is 11.8. The number of hydrogen-bond acceptors (Lipinski definition) is 9. The first-order chi connectivity index (χ1) is 15.8. The molecule has 2 N–H and O–H groups in total. The van der Waals surface area contributed by atoms with E-state index in [4.69, 9.17) is 14.8 Å². The van der Waals surface area contributed by atoms with Crippen molar-refractivity contribution in [2.75, 3.05) is 22.4 Å². The van der Waals surface area contributed by atoms with Crippen molar-refractivity contribution in [2.24, 2.45) is 5.16 Å². The minimum absolute atomic E-state index is 0.0448. The molecule has 0 aliphatic carbocycles. The molecule has 0 spiro atoms. The van der Waals surface area contributed by atoms with E-state index in [-0.39, 0.29) is 12.2 Å². The van der Waals surface area contributed by atoms with Crippen molar-refractivity contribution in [2.45, 2.75) is 13.5 Å². The van der Waals surface area contributed by atoms with Crippen LogP contribution in [-0.2, 0) is 31.1 Å². The van der Waals surface area contributed by atoms with E-state index >= 15 is 0 Å². The summed E-state index contributed by atoms with van der Waals surface area (Å²) >= 11 is 0. The zero-order chi connectivity index (χ0) is 23.6. The molecule has 0 unspecified atom stereocenters. The smallest absolute Gasteiger partial charge is 0.368 e. The molecule has 33 heavy (non-hydrogen) atoms. The number of sulfonamides is 1. The fourth-order valence-electron chi connectivity index (χ4n) is 3.45. The van der Waals surface area contributed by atoms with Crippen LogP contribution in [0.3, 0.4) is 0 Å². The number of carbonyl (C=O) groups excluding carboxylic acids is 1. The van der Waals surface area contributed by atoms with Crippen LogP contribution in [0.1, 0.15) is 18.1 Å². The summed E-state index contributed by atoms with van der Waals surface area (Å²) in [5.41, 5.74) is 3.14. The Kier molecular flexibility index (Phi) is 6.18. The minimum atomic E-state index is -3.42. The van der Waals surface area contributed by atoms with Gasteiger partial charge in [-0.1, -0.05) is 29.4 Å². The van der Waals surface area contributed by atoms with Gasteiger partial charge in [-0.3, -0.25) is 9.98 Å². The summed E-state index contributed by atoms with van der Waals surface area (Å²) in [6.07, 6.45) is 4.29. The van der Waals surface area contributed by atoms with Crippen molar-refractivity contribution in [3.8, 4) is 5.75 Å². The van der Waals surface area contributed by atoms with E-state index in [1.165, 1.54) is 0 Å². The van der Waals surface area contributed by atoms with E-state index in [0.29, 0.717) is 40.8 Å². The Morgan fingerprint density at radius 1 is 1.18 bits per heavy atom. The van der Waals surface area contributed by atoms with Gasteiger partial charge in [0.1, 0.15) is 12.3 Å². The number of rotatable bonds is 7. The number of ether oxygens (including phenoxy) is 1. The van der Waals surface area contributed by atoms with Crippen LogP contribution in [0.5, 0.6) is 5.75 Å². The molecule has 172 valence electrons. The lowest BCUT2D eigenvalue weighted by Gasteiger charge is -2.16. The molecule has 11 heteroatoms. The predicted molar refractivity (Wildman–Crippen MR) is 121 cm³/mol. The third-order valence-electron chi connectivity index (χ3n) is 4.90. The molecule has 2 heterocycles. The highest BCUT2D eigenvalue weighted by molar-refractivity contribution is 7.92. The summed E-state index contributed by atoms with van der Waals surface area (Å²) in [4.78, 5) is 23.1. The van der Waals surface area contributed by atoms with Crippen LogP contribution in [-0.4, -0.2) is 38.2 Å². The second kappa shape index (κ2) is 9.06. The second-order valence-electron chi connectivity index (χ2n) is 7.28. The van der Waals surface area contributed by atoms with Gasteiger partial charge in [-0.05, 0) is 42.8 Å². The van der Waals surface area contributed by atoms with Crippen molar-refractivity contribution in [3.63, 3.8) is 0 Å². The Morgan fingerprint density at radius 2 is 1.94 bits per heavy atom. The van der Waals surface area contributed by atoms with Gasteiger partial charge in [0.25, 0.3) is 0 Å². The van der Waals surface area contributed by atoms with Crippen molar-refractivity contribution < 1.29 is 32.9 Å². The van der Waals surface area contributed by atoms with Gasteiger partial charge in [-0.15, -0.1) is 0 Å². The van der Waals surface area contributed by atoms with Crippen LogP contribution >= 0.6 is 0 Å². The van der Waals surface area contributed by atoms with Crippen molar-refractivity contribution in [3.05, 3.63) is 77.2 Å². The largest absolute Gasteiger partial charge is 0.439 e. The van der Waals surface area contributed by atoms with Gasteiger partial charge in [-0.25, -0.2) is 18.1 Å². The zero-order valence-corrected chi connectivity index (χ0v) is 18.6. The molecule has 0 bridgehead atoms. The van der Waals surface area contributed by atoms with Gasteiger partial charge in [0.2, 0.25) is 15.9 Å². The molecule has 2 aliphatic rings. The summed E-state index contributed by atoms with van der Waals surface area (Å²) < 4.78 is 31.5. The third-order valence-corrected chi connectivity index (χ3v) is 5.50. The molecule has 4 rings (SSSR count). The average molecular weight is 471 g/mol. The number of nitrogens with one attached hydrogen (secondary N) is 1. The molecule has 2 aliphatic heterocycles. The van der Waals surface area contributed by atoms with E-state index in [1.807, 2.05) is 11.8 Å². The zero-order valence-electron chi connectivity index (χ0n) is 17.8. The van der Waals surface area contributed by atoms with Crippen LogP contribution in [0.25, 0.3) is 0 Å². The maximum absolute atomic E-state index is 12.3. The Labute approximate surface area is 190 Å². The lowest BCUT2D eigenvalue weighted by Crippen LogP contribution is -2.19. The molecule has 0 fully saturated rings. The van der Waals surface area contributed by atoms with Crippen LogP contribution in [0.4, 0.5) is 11.4 Å². The first-order valence-electron chi connectivity index (χ1n) is 9.93. The monoisotopic (exact) mass is 471 g/mol. The highest BCUT2D eigenvalue weighted by Gasteiger charge is 2.28. The van der Waals surface area contributed by atoms with Crippen LogP contribution in [0.15, 0.2) is 71.2 Å². The van der Waals surface area contributed by atoms with E-state index in [0.717, 1.165) is 11.8 Å². The van der Waals surface area contributed by atoms with Gasteiger partial charge in [0.05, 0.1) is 23.2 Å². The van der Waals surface area contributed by atoms with Gasteiger partial charge in [0.15, 0.2) is 5.75 Å². The fourth-order valence-corrected chi connectivity index (χ4v) is 4.01. The number of oxime groups is 1. The van der Waals surface area contributed by atoms with Gasteiger partial charge in [0, 0.05) is 12.1 Å². The lowest BCUT2D eigenvalue weighted by atomic mass is 10.0. The number of fused-ring (bicyclic) bond motifs is 1. The highest BCUT2D eigenvalue weighted by atomic mass is 32.2. The molecular weight excluding hydrogens is 450 g/mol. The normalized spacial score (nSPS) is 17.7. The molecule has 0 saturated carbocycles. The van der Waals surface area contributed by atoms with Crippen LogP contribution in [0.2, 0.25) is 0 Å². The topological polar surface area (TPSA) is 127 Å². The number of nitrogens with zero attached hydrogens (tertiary/aromatic N) is 2. The summed E-state index contributed by atoms with van der Waals surface area (Å²) in [5.74, 6) is 0.430. The molecule has 0 atom stereocenters. The molecule has 10 nitrogen and oxygen atoms in total. The van der Waals surface area contributed by atoms with Gasteiger partial charge < -0.3 is 14.5 Å². The molecular formula is C22H21N3O7S. The Morgan fingerprint density at radius 3 is 2.61 bits per heavy atom. The van der Waals surface area contributed by atoms with E-state index in [9.17, 15) is 13.2 Å². The van der Waals surface area contributed by atoms with E-state index in [2.05, 4.69) is 14.8 Å². The second-order valence-corrected chi connectivity index (χ2v) is 9.03. The van der Waals surface area contributed by atoms with Crippen LogP contribution in [0, 0.1) is 0 Å². The average Bonchev–Trinajstić information content (AvgIpc) is 3.31. The summed E-state index contributed by atoms with van der Waals surface area (Å²) in [6, 6.07) is 11.9. The highest BCUT2D eigenvalue weighted by Crippen LogP contribution is 2.40. The summed E-state index contributed by atoms with van der Waals surface area (Å²) in [6.45, 7) is 2.51. The SMILES string of the molecule is CCN1C(=CC=C2C(=O)ON=C2c2ccc(COO)cc2)Oc2ccc(NS(C)(=O)=O)cc21. The van der Waals surface area contributed by atoms with Crippen molar-refractivity contribution >= 4 is 33.1 Å². The van der Waals surface area contributed by atoms with Gasteiger partial charge >= 0.3 is 5.97 Å². The van der Waals surface area contributed by atoms with Gasteiger partial charge in [-0.2, -0.15) is 0 Å². The van der Waals surface area contributed by atoms with E-state index < -0.39 is 16.0 Å². The number of benzene rings is 2. The van der Waals surface area contributed by atoms with Crippen molar-refractivity contribution in [1.82, 2.24) is 0 Å². The number of hydrogen-bond donors (Lipinski definition) is 2. The Hall–Kier alpha value is -3.67. The van der Waals surface area contributed by atoms with Crippen molar-refractivity contribution in [1.29, 1.82) is 0 Å². The maximum atomic E-state index is 12.3. The lowest BCUT2D eigenvalue weighted by molar-refractivity contribution is -0.253. The quantitative estimate of drug-likeness (QED) is 0.273. The molecule has 0 aromatic heterocycles. The molecule has 0 radical (unpaired) electrons. The molecule has 2 aromatic carbocycles. The molecule has 0 amide bonds. The standard InChI is InChI=1S/C22H21N3O7S/c1-3-25-18-12-16(24-33(2,28)29)8-10-19(18)31-20(25)11-9-17-21(23-32-22(17)26)15-6-4-14(5-7-15)13-30-27/h4-12,24,27H,3,13H2,1-2H3. The Balaban J connectivity index is 1.61. The third kappa shape index (κ3) is 4.90. The summed E-state index contributed by atoms with van der Waals surface area (Å²) in [5, 5.41) is 12.5. The van der Waals surface area contributed by atoms with E-state index in [1.54, 1.807) is 54.6 Å². The number of anilines is 2. The predicted octanol–water partition coefficient (Wildman–Crippen LogP) is 3.00. The maximum Gasteiger partial charge on any atom is 0.368 e. The first kappa shape index (κ1) is 22.5. The number of allylic oxidation sites excluding steroid dienone is 2. The van der Waals surface area contributed by atoms with Crippen LogP contribution < -0.4 is 14.4 Å². The Bertz CT molecular complexity index is 1280. The fraction of sp³-hybridized carbons (Fsp3) is 0.182. The molecule has 2 aromatic rings. The summed E-state index contributed by atoms with van der Waals surface area (Å²) in [7, 11) is -3.42.